The Balaban J connectivity index is 1.60. The van der Waals surface area contributed by atoms with Crippen LogP contribution in [0.3, 0.4) is 0 Å². The van der Waals surface area contributed by atoms with E-state index >= 15 is 0 Å². The van der Waals surface area contributed by atoms with Crippen LogP contribution in [0.4, 0.5) is 11.6 Å². The number of nitrogens with one attached hydrogen (secondary N) is 1. The summed E-state index contributed by atoms with van der Waals surface area (Å²) in [7, 11) is -3.55. The predicted octanol–water partition coefficient (Wildman–Crippen LogP) is 2.86. The Morgan fingerprint density at radius 3 is 2.36 bits per heavy atom. The third-order valence-corrected chi connectivity index (χ3v) is 8.03. The van der Waals surface area contributed by atoms with Crippen LogP contribution in [0.25, 0.3) is 0 Å². The summed E-state index contributed by atoms with van der Waals surface area (Å²) in [5.74, 6) is 0.616. The third-order valence-electron chi connectivity index (χ3n) is 4.99. The number of hydrogen-bond acceptors (Lipinski definition) is 7. The van der Waals surface area contributed by atoms with Gasteiger partial charge in [0.1, 0.15) is 6.54 Å². The highest BCUT2D eigenvalue weighted by atomic mass is 32.2. The molecule has 3 rings (SSSR count). The standard InChI is InChI=1S/C22H28N6O3S2/c1-3-27(4-2)33(30,31)19-12-10-18(11-13-19)24-20(29)16-28-21(23)25-26-22(28)32-15-14-17-8-6-5-7-9-17/h5-13H,3-4,14-16H2,1-2H3,(H2,23,25)(H,24,29). The monoisotopic (exact) mass is 488 g/mol. The van der Waals surface area contributed by atoms with Gasteiger partial charge in [-0.05, 0) is 36.2 Å². The maximum Gasteiger partial charge on any atom is 0.244 e. The van der Waals surface area contributed by atoms with Crippen LogP contribution in [0, 0.1) is 0 Å². The minimum absolute atomic E-state index is 0.0496. The first-order valence-corrected chi connectivity index (χ1v) is 13.0. The van der Waals surface area contributed by atoms with Gasteiger partial charge in [-0.3, -0.25) is 9.36 Å². The summed E-state index contributed by atoms with van der Waals surface area (Å²) in [6, 6.07) is 16.2. The van der Waals surface area contributed by atoms with Crippen molar-refractivity contribution in [2.75, 3.05) is 29.9 Å². The SMILES string of the molecule is CCN(CC)S(=O)(=O)c1ccc(NC(=O)Cn2c(N)nnc2SCCc2ccccc2)cc1. The van der Waals surface area contributed by atoms with Gasteiger partial charge in [0.2, 0.25) is 21.9 Å². The van der Waals surface area contributed by atoms with E-state index in [9.17, 15) is 13.2 Å². The maximum absolute atomic E-state index is 12.6. The van der Waals surface area contributed by atoms with Crippen molar-refractivity contribution in [2.24, 2.45) is 0 Å². The summed E-state index contributed by atoms with van der Waals surface area (Å²) in [4.78, 5) is 12.8. The molecule has 0 aliphatic heterocycles. The van der Waals surface area contributed by atoms with Gasteiger partial charge in [0.15, 0.2) is 5.16 Å². The third kappa shape index (κ3) is 6.34. The number of aryl methyl sites for hydroxylation is 1. The Morgan fingerprint density at radius 2 is 1.73 bits per heavy atom. The number of rotatable bonds is 11. The van der Waals surface area contributed by atoms with Crippen molar-refractivity contribution in [1.29, 1.82) is 0 Å². The van der Waals surface area contributed by atoms with E-state index in [1.807, 2.05) is 18.2 Å². The highest BCUT2D eigenvalue weighted by Crippen LogP contribution is 2.21. The van der Waals surface area contributed by atoms with E-state index in [-0.39, 0.29) is 23.3 Å². The summed E-state index contributed by atoms with van der Waals surface area (Å²) in [6.45, 7) is 4.32. The minimum Gasteiger partial charge on any atom is -0.368 e. The summed E-state index contributed by atoms with van der Waals surface area (Å²) in [5, 5.41) is 11.3. The van der Waals surface area contributed by atoms with Crippen molar-refractivity contribution >= 4 is 39.3 Å². The fourth-order valence-corrected chi connectivity index (χ4v) is 5.62. The number of hydrogen-bond donors (Lipinski definition) is 2. The van der Waals surface area contributed by atoms with E-state index in [0.29, 0.717) is 23.9 Å². The van der Waals surface area contributed by atoms with Gasteiger partial charge >= 0.3 is 0 Å². The van der Waals surface area contributed by atoms with E-state index in [1.54, 1.807) is 30.5 Å². The van der Waals surface area contributed by atoms with Crippen LogP contribution in [0.15, 0.2) is 64.6 Å². The van der Waals surface area contributed by atoms with E-state index in [1.165, 1.54) is 33.8 Å². The summed E-state index contributed by atoms with van der Waals surface area (Å²) < 4.78 is 28.1. The van der Waals surface area contributed by atoms with Gasteiger partial charge in [0, 0.05) is 24.5 Å². The lowest BCUT2D eigenvalue weighted by Crippen LogP contribution is -2.30. The maximum atomic E-state index is 12.6. The fourth-order valence-electron chi connectivity index (χ4n) is 3.23. The first kappa shape index (κ1) is 24.7. The second-order valence-corrected chi connectivity index (χ2v) is 10.2. The fraction of sp³-hybridized carbons (Fsp3) is 0.318. The second kappa shape index (κ2) is 11.3. The van der Waals surface area contributed by atoms with Crippen LogP contribution in [-0.4, -0.2) is 52.2 Å². The number of amides is 1. The van der Waals surface area contributed by atoms with Gasteiger partial charge in [-0.15, -0.1) is 10.2 Å². The van der Waals surface area contributed by atoms with Crippen LogP contribution in [0.5, 0.6) is 0 Å². The summed E-state index contributed by atoms with van der Waals surface area (Å²) >= 11 is 1.48. The van der Waals surface area contributed by atoms with Crippen molar-refractivity contribution < 1.29 is 13.2 Å². The zero-order valence-electron chi connectivity index (χ0n) is 18.6. The molecule has 0 saturated carbocycles. The molecule has 0 aliphatic rings. The zero-order chi connectivity index (χ0) is 23.8. The highest BCUT2D eigenvalue weighted by molar-refractivity contribution is 7.99. The van der Waals surface area contributed by atoms with Crippen molar-refractivity contribution in [3.05, 3.63) is 60.2 Å². The number of nitrogens with two attached hydrogens (primary N) is 1. The van der Waals surface area contributed by atoms with E-state index in [2.05, 4.69) is 27.6 Å². The molecule has 0 unspecified atom stereocenters. The number of benzene rings is 2. The lowest BCUT2D eigenvalue weighted by atomic mass is 10.2. The van der Waals surface area contributed by atoms with Gasteiger partial charge < -0.3 is 11.1 Å². The molecule has 1 amide bonds. The molecule has 33 heavy (non-hydrogen) atoms. The Morgan fingerprint density at radius 1 is 1.06 bits per heavy atom. The number of carbonyl (C=O) groups is 1. The quantitative estimate of drug-likeness (QED) is 0.398. The van der Waals surface area contributed by atoms with Gasteiger partial charge in [0.25, 0.3) is 0 Å². The van der Waals surface area contributed by atoms with Crippen LogP contribution in [0.1, 0.15) is 19.4 Å². The summed E-state index contributed by atoms with van der Waals surface area (Å²) in [5.41, 5.74) is 7.62. The molecule has 1 heterocycles. The number of anilines is 2. The van der Waals surface area contributed by atoms with Gasteiger partial charge in [-0.1, -0.05) is 55.9 Å². The Bertz CT molecular complexity index is 1160. The lowest BCUT2D eigenvalue weighted by molar-refractivity contribution is -0.116. The highest BCUT2D eigenvalue weighted by Gasteiger charge is 2.21. The molecule has 11 heteroatoms. The largest absolute Gasteiger partial charge is 0.368 e. The van der Waals surface area contributed by atoms with E-state index in [0.717, 1.165) is 12.2 Å². The molecule has 1 aromatic heterocycles. The molecular formula is C22H28N6O3S2. The van der Waals surface area contributed by atoms with Gasteiger partial charge in [-0.2, -0.15) is 4.31 Å². The van der Waals surface area contributed by atoms with Crippen LogP contribution in [0.2, 0.25) is 0 Å². The number of thioether (sulfide) groups is 1. The van der Waals surface area contributed by atoms with Crippen molar-refractivity contribution in [1.82, 2.24) is 19.1 Å². The average molecular weight is 489 g/mol. The molecule has 0 fully saturated rings. The van der Waals surface area contributed by atoms with Crippen LogP contribution >= 0.6 is 11.8 Å². The molecule has 3 N–H and O–H groups in total. The zero-order valence-corrected chi connectivity index (χ0v) is 20.3. The molecule has 0 radical (unpaired) electrons. The molecule has 0 bridgehead atoms. The van der Waals surface area contributed by atoms with Crippen LogP contribution < -0.4 is 11.1 Å². The number of carbonyl (C=O) groups excluding carboxylic acids is 1. The Kier molecular flexibility index (Phi) is 8.48. The van der Waals surface area contributed by atoms with Crippen LogP contribution in [-0.2, 0) is 27.8 Å². The molecule has 0 atom stereocenters. The lowest BCUT2D eigenvalue weighted by Gasteiger charge is -2.18. The number of sulfonamides is 1. The normalized spacial score (nSPS) is 11.6. The second-order valence-electron chi connectivity index (χ2n) is 7.17. The molecule has 3 aromatic rings. The van der Waals surface area contributed by atoms with Crippen molar-refractivity contribution in [2.45, 2.75) is 36.9 Å². The summed E-state index contributed by atoms with van der Waals surface area (Å²) in [6.07, 6.45) is 0.854. The van der Waals surface area contributed by atoms with Gasteiger partial charge in [0.05, 0.1) is 4.90 Å². The van der Waals surface area contributed by atoms with Gasteiger partial charge in [-0.25, -0.2) is 8.42 Å². The smallest absolute Gasteiger partial charge is 0.244 e. The topological polar surface area (TPSA) is 123 Å². The van der Waals surface area contributed by atoms with Crippen molar-refractivity contribution in [3.63, 3.8) is 0 Å². The predicted molar refractivity (Wildman–Crippen MR) is 130 cm³/mol. The molecule has 2 aromatic carbocycles. The minimum atomic E-state index is -3.55. The van der Waals surface area contributed by atoms with E-state index < -0.39 is 10.0 Å². The molecule has 0 saturated heterocycles. The Hall–Kier alpha value is -2.89. The van der Waals surface area contributed by atoms with E-state index in [4.69, 9.17) is 5.73 Å². The molecule has 9 nitrogen and oxygen atoms in total. The molecule has 176 valence electrons. The first-order chi connectivity index (χ1) is 15.8. The average Bonchev–Trinajstić information content (AvgIpc) is 3.14. The molecular weight excluding hydrogens is 460 g/mol. The number of aromatic nitrogens is 3. The number of nitrogens with zero attached hydrogens (tertiary/aromatic N) is 4. The molecule has 0 spiro atoms. The molecule has 0 aliphatic carbocycles. The first-order valence-electron chi connectivity index (χ1n) is 10.6. The number of nitrogen functional groups attached to an aromatic ring is 1. The Labute approximate surface area is 198 Å². The van der Waals surface area contributed by atoms with Crippen molar-refractivity contribution in [3.8, 4) is 0 Å².